The van der Waals surface area contributed by atoms with Gasteiger partial charge in [-0.1, -0.05) is 28.1 Å². The van der Waals surface area contributed by atoms with Crippen LogP contribution in [0.2, 0.25) is 0 Å². The molecule has 5 nitrogen and oxygen atoms in total. The highest BCUT2D eigenvalue weighted by Gasteiger charge is 2.21. The molecule has 0 atom stereocenters. The van der Waals surface area contributed by atoms with E-state index in [0.29, 0.717) is 17.2 Å². The number of carbonyl (C=O) groups is 1. The molecule has 0 spiro atoms. The van der Waals surface area contributed by atoms with Crippen molar-refractivity contribution in [2.24, 2.45) is 5.10 Å². The number of hydrazone groups is 1. The Morgan fingerprint density at radius 2 is 1.74 bits per heavy atom. The van der Waals surface area contributed by atoms with Gasteiger partial charge in [-0.15, -0.1) is 0 Å². The van der Waals surface area contributed by atoms with Crippen LogP contribution in [0.3, 0.4) is 0 Å². The summed E-state index contributed by atoms with van der Waals surface area (Å²) in [4.78, 5) is 11.9. The molecule has 23 heavy (non-hydrogen) atoms. The van der Waals surface area contributed by atoms with Crippen molar-refractivity contribution in [2.45, 2.75) is 6.42 Å². The van der Waals surface area contributed by atoms with Gasteiger partial charge >= 0.3 is 0 Å². The van der Waals surface area contributed by atoms with Gasteiger partial charge in [0.1, 0.15) is 0 Å². The van der Waals surface area contributed by atoms with Gasteiger partial charge in [0.15, 0.2) is 11.5 Å². The SMILES string of the molecule is COc1cc2c(cc1OC)C(c1ccc(Br)cc1)=NNC(=O)C2. The van der Waals surface area contributed by atoms with E-state index in [9.17, 15) is 4.79 Å². The summed E-state index contributed by atoms with van der Waals surface area (Å²) in [5, 5.41) is 4.28. The Hall–Kier alpha value is -2.34. The first-order valence-electron chi connectivity index (χ1n) is 7.00. The Morgan fingerprint density at radius 3 is 2.39 bits per heavy atom. The smallest absolute Gasteiger partial charge is 0.244 e. The molecule has 0 saturated carbocycles. The fourth-order valence-electron chi connectivity index (χ4n) is 2.51. The largest absolute Gasteiger partial charge is 0.493 e. The fraction of sp³-hybridized carbons (Fsp3) is 0.176. The van der Waals surface area contributed by atoms with Crippen LogP contribution in [0.15, 0.2) is 46.0 Å². The Bertz CT molecular complexity index is 785. The zero-order valence-electron chi connectivity index (χ0n) is 12.7. The van der Waals surface area contributed by atoms with Gasteiger partial charge < -0.3 is 9.47 Å². The molecule has 1 N–H and O–H groups in total. The van der Waals surface area contributed by atoms with Crippen LogP contribution in [0, 0.1) is 0 Å². The average Bonchev–Trinajstić information content (AvgIpc) is 2.72. The summed E-state index contributed by atoms with van der Waals surface area (Å²) < 4.78 is 11.7. The van der Waals surface area contributed by atoms with E-state index in [4.69, 9.17) is 9.47 Å². The van der Waals surface area contributed by atoms with Crippen LogP contribution in [-0.4, -0.2) is 25.8 Å². The number of hydrogen-bond acceptors (Lipinski definition) is 4. The molecule has 3 rings (SSSR count). The third-order valence-electron chi connectivity index (χ3n) is 3.63. The van der Waals surface area contributed by atoms with E-state index in [0.717, 1.165) is 21.2 Å². The average molecular weight is 375 g/mol. The normalized spacial score (nSPS) is 13.5. The molecule has 0 aromatic heterocycles. The first kappa shape index (κ1) is 15.6. The van der Waals surface area contributed by atoms with Crippen molar-refractivity contribution in [1.82, 2.24) is 5.43 Å². The van der Waals surface area contributed by atoms with Crippen molar-refractivity contribution < 1.29 is 14.3 Å². The quantitative estimate of drug-likeness (QED) is 0.898. The number of hydrogen-bond donors (Lipinski definition) is 1. The summed E-state index contributed by atoms with van der Waals surface area (Å²) in [6.07, 6.45) is 0.235. The van der Waals surface area contributed by atoms with Gasteiger partial charge in [-0.3, -0.25) is 4.79 Å². The Balaban J connectivity index is 2.19. The van der Waals surface area contributed by atoms with Crippen LogP contribution in [-0.2, 0) is 11.2 Å². The minimum absolute atomic E-state index is 0.161. The maximum atomic E-state index is 11.9. The maximum Gasteiger partial charge on any atom is 0.244 e. The van der Waals surface area contributed by atoms with Gasteiger partial charge in [0.2, 0.25) is 5.91 Å². The van der Waals surface area contributed by atoms with Crippen LogP contribution in [0.5, 0.6) is 11.5 Å². The number of ether oxygens (including phenoxy) is 2. The second kappa shape index (κ2) is 6.42. The van der Waals surface area contributed by atoms with Gasteiger partial charge in [-0.05, 0) is 29.8 Å². The molecule has 1 aliphatic heterocycles. The second-order valence-electron chi connectivity index (χ2n) is 5.04. The highest BCUT2D eigenvalue weighted by molar-refractivity contribution is 9.10. The summed E-state index contributed by atoms with van der Waals surface area (Å²) in [5.41, 5.74) is 5.88. The minimum atomic E-state index is -0.161. The number of halogens is 1. The van der Waals surface area contributed by atoms with E-state index in [1.54, 1.807) is 14.2 Å². The topological polar surface area (TPSA) is 59.9 Å². The Kier molecular flexibility index (Phi) is 4.34. The van der Waals surface area contributed by atoms with Crippen LogP contribution < -0.4 is 14.9 Å². The molecular formula is C17H15BrN2O3. The van der Waals surface area contributed by atoms with Crippen LogP contribution in [0.25, 0.3) is 0 Å². The number of benzene rings is 2. The first-order chi connectivity index (χ1) is 11.1. The van der Waals surface area contributed by atoms with Gasteiger partial charge in [0.25, 0.3) is 0 Å². The molecular weight excluding hydrogens is 360 g/mol. The fourth-order valence-corrected chi connectivity index (χ4v) is 2.77. The molecule has 0 radical (unpaired) electrons. The van der Waals surface area contributed by atoms with E-state index in [1.165, 1.54) is 0 Å². The Labute approximate surface area is 142 Å². The lowest BCUT2D eigenvalue weighted by Gasteiger charge is -2.14. The van der Waals surface area contributed by atoms with E-state index in [2.05, 4.69) is 26.5 Å². The van der Waals surface area contributed by atoms with E-state index < -0.39 is 0 Å². The maximum absolute atomic E-state index is 11.9. The molecule has 2 aromatic carbocycles. The van der Waals surface area contributed by atoms with Gasteiger partial charge in [0, 0.05) is 15.6 Å². The summed E-state index contributed by atoms with van der Waals surface area (Å²) in [6.45, 7) is 0. The molecule has 6 heteroatoms. The van der Waals surface area contributed by atoms with Crippen LogP contribution in [0.4, 0.5) is 0 Å². The zero-order valence-corrected chi connectivity index (χ0v) is 14.3. The van der Waals surface area contributed by atoms with Crippen LogP contribution in [0.1, 0.15) is 16.7 Å². The molecule has 1 heterocycles. The zero-order chi connectivity index (χ0) is 16.4. The standard InChI is InChI=1S/C17H15BrN2O3/c1-22-14-7-11-8-16(21)19-20-17(13(11)9-15(14)23-2)10-3-5-12(18)6-4-10/h3-7,9H,8H2,1-2H3,(H,19,21). The number of nitrogens with zero attached hydrogens (tertiary/aromatic N) is 1. The third-order valence-corrected chi connectivity index (χ3v) is 4.15. The number of amides is 1. The molecule has 2 aromatic rings. The lowest BCUT2D eigenvalue weighted by molar-refractivity contribution is -0.120. The number of carbonyl (C=O) groups excluding carboxylic acids is 1. The second-order valence-corrected chi connectivity index (χ2v) is 5.96. The van der Waals surface area contributed by atoms with Gasteiger partial charge in [0.05, 0.1) is 26.4 Å². The molecule has 0 aliphatic carbocycles. The van der Waals surface area contributed by atoms with Crippen molar-refractivity contribution in [3.8, 4) is 11.5 Å². The van der Waals surface area contributed by atoms with Crippen molar-refractivity contribution >= 4 is 27.5 Å². The van der Waals surface area contributed by atoms with Gasteiger partial charge in [-0.2, -0.15) is 5.10 Å². The number of methoxy groups -OCH3 is 2. The van der Waals surface area contributed by atoms with Crippen molar-refractivity contribution in [1.29, 1.82) is 0 Å². The number of fused-ring (bicyclic) bond motifs is 1. The summed E-state index contributed by atoms with van der Waals surface area (Å²) in [7, 11) is 3.16. The molecule has 0 unspecified atom stereocenters. The minimum Gasteiger partial charge on any atom is -0.493 e. The molecule has 118 valence electrons. The van der Waals surface area contributed by atoms with Crippen molar-refractivity contribution in [3.63, 3.8) is 0 Å². The lowest BCUT2D eigenvalue weighted by atomic mass is 9.95. The third kappa shape index (κ3) is 3.07. The summed E-state index contributed by atoms with van der Waals surface area (Å²) in [6, 6.07) is 11.4. The van der Waals surface area contributed by atoms with Gasteiger partial charge in [-0.25, -0.2) is 5.43 Å². The molecule has 1 aliphatic rings. The molecule has 1 amide bonds. The highest BCUT2D eigenvalue weighted by atomic mass is 79.9. The Morgan fingerprint density at radius 1 is 1.09 bits per heavy atom. The number of rotatable bonds is 3. The first-order valence-corrected chi connectivity index (χ1v) is 7.79. The van der Waals surface area contributed by atoms with Crippen molar-refractivity contribution in [2.75, 3.05) is 14.2 Å². The van der Waals surface area contributed by atoms with Crippen LogP contribution >= 0.6 is 15.9 Å². The van der Waals surface area contributed by atoms with E-state index in [1.807, 2.05) is 36.4 Å². The number of nitrogens with one attached hydrogen (secondary N) is 1. The van der Waals surface area contributed by atoms with E-state index in [-0.39, 0.29) is 12.3 Å². The molecule has 0 saturated heterocycles. The summed E-state index contributed by atoms with van der Waals surface area (Å²) >= 11 is 3.42. The predicted octanol–water partition coefficient (Wildman–Crippen LogP) is 2.89. The monoisotopic (exact) mass is 374 g/mol. The highest BCUT2D eigenvalue weighted by Crippen LogP contribution is 2.33. The molecule has 0 bridgehead atoms. The predicted molar refractivity (Wildman–Crippen MR) is 91.2 cm³/mol. The van der Waals surface area contributed by atoms with Crippen molar-refractivity contribution in [3.05, 3.63) is 57.6 Å². The summed E-state index contributed by atoms with van der Waals surface area (Å²) in [5.74, 6) is 1.03. The lowest BCUT2D eigenvalue weighted by Crippen LogP contribution is -2.18. The molecule has 0 fully saturated rings. The van der Waals surface area contributed by atoms with E-state index >= 15 is 0 Å².